The minimum Gasteiger partial charge on any atom is -0.314 e. The fourth-order valence-electron chi connectivity index (χ4n) is 3.40. The van der Waals surface area contributed by atoms with Crippen molar-refractivity contribution in [2.45, 2.75) is 64.3 Å². The van der Waals surface area contributed by atoms with Gasteiger partial charge in [0.1, 0.15) is 0 Å². The molecule has 2 atom stereocenters. The lowest BCUT2D eigenvalue weighted by atomic mass is 9.84. The third kappa shape index (κ3) is 3.14. The van der Waals surface area contributed by atoms with E-state index in [0.29, 0.717) is 6.04 Å². The smallest absolute Gasteiger partial charge is 0.0136 e. The fraction of sp³-hybridized carbons (Fsp3) is 0.647. The van der Waals surface area contributed by atoms with Gasteiger partial charge in [-0.25, -0.2) is 0 Å². The molecule has 1 aromatic rings. The Balaban J connectivity index is 2.24. The first-order valence-corrected chi connectivity index (χ1v) is 7.68. The van der Waals surface area contributed by atoms with Crippen molar-refractivity contribution in [1.82, 2.24) is 5.32 Å². The van der Waals surface area contributed by atoms with E-state index >= 15 is 0 Å². The van der Waals surface area contributed by atoms with Gasteiger partial charge in [-0.1, -0.05) is 51.0 Å². The largest absolute Gasteiger partial charge is 0.314 e. The van der Waals surface area contributed by atoms with Crippen LogP contribution in [0.3, 0.4) is 0 Å². The van der Waals surface area contributed by atoms with Gasteiger partial charge in [-0.2, -0.15) is 0 Å². The monoisotopic (exact) mass is 245 g/mol. The maximum atomic E-state index is 3.72. The average Bonchev–Trinajstić information content (AvgIpc) is 2.61. The topological polar surface area (TPSA) is 12.0 Å². The molecule has 0 fully saturated rings. The lowest BCUT2D eigenvalue weighted by Crippen LogP contribution is -2.35. The first kappa shape index (κ1) is 13.6. The van der Waals surface area contributed by atoms with Gasteiger partial charge in [0, 0.05) is 6.04 Å². The van der Waals surface area contributed by atoms with Crippen LogP contribution in [-0.4, -0.2) is 12.6 Å². The zero-order valence-electron chi connectivity index (χ0n) is 11.9. The van der Waals surface area contributed by atoms with Crippen molar-refractivity contribution in [3.63, 3.8) is 0 Å². The molecule has 2 unspecified atom stereocenters. The molecule has 1 heteroatoms. The van der Waals surface area contributed by atoms with Crippen LogP contribution in [0.15, 0.2) is 24.3 Å². The van der Waals surface area contributed by atoms with Crippen LogP contribution < -0.4 is 5.32 Å². The van der Waals surface area contributed by atoms with Gasteiger partial charge in [-0.05, 0) is 49.3 Å². The van der Waals surface area contributed by atoms with E-state index in [1.807, 2.05) is 0 Å². The minimum atomic E-state index is 0.666. The maximum Gasteiger partial charge on any atom is 0.0136 e. The normalized spacial score (nSPS) is 21.1. The van der Waals surface area contributed by atoms with Crippen LogP contribution >= 0.6 is 0 Å². The Morgan fingerprint density at radius 2 is 2.06 bits per heavy atom. The quantitative estimate of drug-likeness (QED) is 0.764. The Labute approximate surface area is 112 Å². The molecule has 18 heavy (non-hydrogen) atoms. The highest BCUT2D eigenvalue weighted by atomic mass is 14.9. The molecule has 0 heterocycles. The van der Waals surface area contributed by atoms with Crippen LogP contribution in [0.25, 0.3) is 0 Å². The van der Waals surface area contributed by atoms with Gasteiger partial charge in [0.15, 0.2) is 0 Å². The second-order valence-corrected chi connectivity index (χ2v) is 5.50. The summed E-state index contributed by atoms with van der Waals surface area (Å²) in [7, 11) is 0. The maximum absolute atomic E-state index is 3.72. The summed E-state index contributed by atoms with van der Waals surface area (Å²) in [6.45, 7) is 5.61. The van der Waals surface area contributed by atoms with Gasteiger partial charge in [0.25, 0.3) is 0 Å². The first-order valence-electron chi connectivity index (χ1n) is 7.68. The Bertz CT molecular complexity index is 352. The lowest BCUT2D eigenvalue weighted by molar-refractivity contribution is 0.392. The summed E-state index contributed by atoms with van der Waals surface area (Å²) in [5, 5.41) is 3.72. The molecule has 2 rings (SSSR count). The van der Waals surface area contributed by atoms with Crippen molar-refractivity contribution >= 4 is 0 Å². The summed E-state index contributed by atoms with van der Waals surface area (Å²) in [4.78, 5) is 0. The molecule has 0 saturated carbocycles. The minimum absolute atomic E-state index is 0.666. The van der Waals surface area contributed by atoms with Crippen molar-refractivity contribution in [3.8, 4) is 0 Å². The molecule has 1 aliphatic carbocycles. The van der Waals surface area contributed by atoms with Crippen LogP contribution in [-0.2, 0) is 6.42 Å². The molecule has 0 aromatic heterocycles. The number of likely N-dealkylation sites (N-methyl/N-ethyl adjacent to an activating group) is 1. The van der Waals surface area contributed by atoms with E-state index in [2.05, 4.69) is 43.4 Å². The van der Waals surface area contributed by atoms with Crippen LogP contribution in [0.1, 0.15) is 63.0 Å². The zero-order chi connectivity index (χ0) is 12.8. The molecular formula is C17H27N. The van der Waals surface area contributed by atoms with E-state index in [9.17, 15) is 0 Å². The summed E-state index contributed by atoms with van der Waals surface area (Å²) in [5.41, 5.74) is 3.22. The van der Waals surface area contributed by atoms with Gasteiger partial charge in [0.2, 0.25) is 0 Å². The zero-order valence-corrected chi connectivity index (χ0v) is 11.9. The molecular weight excluding hydrogens is 218 g/mol. The van der Waals surface area contributed by atoms with E-state index in [-0.39, 0.29) is 0 Å². The van der Waals surface area contributed by atoms with E-state index in [0.717, 1.165) is 12.5 Å². The highest BCUT2D eigenvalue weighted by Crippen LogP contribution is 2.34. The van der Waals surface area contributed by atoms with Gasteiger partial charge in [-0.3, -0.25) is 0 Å². The first-order chi connectivity index (χ1) is 8.86. The molecule has 0 bridgehead atoms. The van der Waals surface area contributed by atoms with Crippen molar-refractivity contribution in [2.75, 3.05) is 6.54 Å². The number of benzene rings is 1. The molecule has 1 aromatic carbocycles. The predicted octanol–water partition coefficient (Wildman–Crippen LogP) is 4.27. The Kier molecular flexibility index (Phi) is 5.25. The van der Waals surface area contributed by atoms with Crippen molar-refractivity contribution in [3.05, 3.63) is 35.4 Å². The van der Waals surface area contributed by atoms with Crippen molar-refractivity contribution in [1.29, 1.82) is 0 Å². The molecule has 1 aliphatic rings. The number of hydrogen-bond acceptors (Lipinski definition) is 1. The summed E-state index contributed by atoms with van der Waals surface area (Å²) < 4.78 is 0. The number of fused-ring (bicyclic) bond motifs is 1. The van der Waals surface area contributed by atoms with Gasteiger partial charge >= 0.3 is 0 Å². The van der Waals surface area contributed by atoms with Gasteiger partial charge < -0.3 is 5.32 Å². The SMILES string of the molecule is CCCC(NCC)C1CCCCc2ccccc21. The summed E-state index contributed by atoms with van der Waals surface area (Å²) in [6.07, 6.45) is 7.94. The number of aryl methyl sites for hydroxylation is 1. The van der Waals surface area contributed by atoms with E-state index in [1.54, 1.807) is 11.1 Å². The molecule has 0 saturated heterocycles. The number of nitrogens with one attached hydrogen (secondary N) is 1. The highest BCUT2D eigenvalue weighted by Gasteiger charge is 2.25. The van der Waals surface area contributed by atoms with Crippen molar-refractivity contribution < 1.29 is 0 Å². The fourth-order valence-corrected chi connectivity index (χ4v) is 3.40. The van der Waals surface area contributed by atoms with Crippen LogP contribution in [0.4, 0.5) is 0 Å². The summed E-state index contributed by atoms with van der Waals surface area (Å²) in [6, 6.07) is 9.78. The summed E-state index contributed by atoms with van der Waals surface area (Å²) in [5.74, 6) is 0.726. The third-order valence-corrected chi connectivity index (χ3v) is 4.22. The van der Waals surface area contributed by atoms with E-state index in [4.69, 9.17) is 0 Å². The van der Waals surface area contributed by atoms with Gasteiger partial charge in [0.05, 0.1) is 0 Å². The second kappa shape index (κ2) is 6.94. The molecule has 0 aliphatic heterocycles. The van der Waals surface area contributed by atoms with Gasteiger partial charge in [-0.15, -0.1) is 0 Å². The molecule has 0 spiro atoms. The lowest BCUT2D eigenvalue weighted by Gasteiger charge is -2.28. The van der Waals surface area contributed by atoms with Crippen LogP contribution in [0.5, 0.6) is 0 Å². The molecule has 1 N–H and O–H groups in total. The molecule has 0 radical (unpaired) electrons. The standard InChI is InChI=1S/C17H27N/c1-3-9-17(18-4-2)16-13-8-6-11-14-10-5-7-12-15(14)16/h5,7,10,12,16-18H,3-4,6,8-9,11,13H2,1-2H3. The Morgan fingerprint density at radius 1 is 1.22 bits per heavy atom. The predicted molar refractivity (Wildman–Crippen MR) is 79.1 cm³/mol. The van der Waals surface area contributed by atoms with Crippen LogP contribution in [0, 0.1) is 0 Å². The van der Waals surface area contributed by atoms with Crippen molar-refractivity contribution in [2.24, 2.45) is 0 Å². The second-order valence-electron chi connectivity index (χ2n) is 5.50. The Hall–Kier alpha value is -0.820. The summed E-state index contributed by atoms with van der Waals surface area (Å²) >= 11 is 0. The molecule has 1 nitrogen and oxygen atoms in total. The Morgan fingerprint density at radius 3 is 2.83 bits per heavy atom. The van der Waals surface area contributed by atoms with E-state index in [1.165, 1.54) is 38.5 Å². The third-order valence-electron chi connectivity index (χ3n) is 4.22. The number of rotatable bonds is 5. The van der Waals surface area contributed by atoms with E-state index < -0.39 is 0 Å². The highest BCUT2D eigenvalue weighted by molar-refractivity contribution is 5.32. The average molecular weight is 245 g/mol. The number of hydrogen-bond donors (Lipinski definition) is 1. The van der Waals surface area contributed by atoms with Crippen LogP contribution in [0.2, 0.25) is 0 Å². The molecule has 100 valence electrons. The molecule has 0 amide bonds.